The molecule has 2 heterocycles. The maximum atomic E-state index is 11.3. The van der Waals surface area contributed by atoms with Crippen LogP contribution in [0.4, 0.5) is 5.82 Å². The molecule has 0 aliphatic heterocycles. The molecule has 0 amide bonds. The molecule has 0 unspecified atom stereocenters. The molecule has 7 nitrogen and oxygen atoms in total. The van der Waals surface area contributed by atoms with Crippen LogP contribution in [0, 0.1) is 3.57 Å². The minimum atomic E-state index is -0.153. The van der Waals surface area contributed by atoms with Gasteiger partial charge in [-0.15, -0.1) is 10.2 Å². The molecule has 2 aromatic heterocycles. The second kappa shape index (κ2) is 5.25. The van der Waals surface area contributed by atoms with Crippen LogP contribution in [0.2, 0.25) is 0 Å². The van der Waals surface area contributed by atoms with Gasteiger partial charge in [-0.2, -0.15) is 0 Å². The summed E-state index contributed by atoms with van der Waals surface area (Å²) in [5, 5.41) is 10.9. The van der Waals surface area contributed by atoms with Gasteiger partial charge in [0.25, 0.3) is 5.56 Å². The fourth-order valence-corrected chi connectivity index (χ4v) is 1.83. The van der Waals surface area contributed by atoms with Crippen molar-refractivity contribution in [3.63, 3.8) is 0 Å². The van der Waals surface area contributed by atoms with E-state index in [9.17, 15) is 4.79 Å². The summed E-state index contributed by atoms with van der Waals surface area (Å²) >= 11 is 1.95. The van der Waals surface area contributed by atoms with Crippen molar-refractivity contribution < 1.29 is 0 Å². The zero-order valence-electron chi connectivity index (χ0n) is 9.14. The Morgan fingerprint density at radius 3 is 3.18 bits per heavy atom. The smallest absolute Gasteiger partial charge is 0.266 e. The quantitative estimate of drug-likeness (QED) is 0.792. The monoisotopic (exact) mass is 346 g/mol. The van der Waals surface area contributed by atoms with Gasteiger partial charge >= 0.3 is 0 Å². The first-order chi connectivity index (χ1) is 8.22. The molecule has 2 N–H and O–H groups in total. The number of aromatic amines is 1. The highest BCUT2D eigenvalue weighted by molar-refractivity contribution is 14.1. The zero-order valence-corrected chi connectivity index (χ0v) is 11.3. The molecule has 0 saturated carbocycles. The normalized spacial score (nSPS) is 10.5. The first kappa shape index (κ1) is 12.0. The molecule has 2 aromatic rings. The molecule has 0 bridgehead atoms. The fourth-order valence-electron chi connectivity index (χ4n) is 1.35. The molecule has 0 fully saturated rings. The number of nitrogens with zero attached hydrogens (tertiary/aromatic N) is 4. The summed E-state index contributed by atoms with van der Waals surface area (Å²) in [5.74, 6) is 1.37. The van der Waals surface area contributed by atoms with Gasteiger partial charge < -0.3 is 14.9 Å². The van der Waals surface area contributed by atoms with Crippen LogP contribution in [0.15, 0.2) is 17.4 Å². The Bertz CT molecular complexity index is 563. The van der Waals surface area contributed by atoms with Gasteiger partial charge in [-0.25, -0.2) is 4.98 Å². The van der Waals surface area contributed by atoms with Crippen molar-refractivity contribution in [1.82, 2.24) is 24.7 Å². The van der Waals surface area contributed by atoms with E-state index < -0.39 is 0 Å². The summed E-state index contributed by atoms with van der Waals surface area (Å²) in [5.41, 5.74) is -0.153. The Balaban J connectivity index is 2.13. The number of halogens is 1. The van der Waals surface area contributed by atoms with Gasteiger partial charge in [-0.05, 0) is 29.5 Å². The van der Waals surface area contributed by atoms with E-state index >= 15 is 0 Å². The summed E-state index contributed by atoms with van der Waals surface area (Å²) in [7, 11) is 0. The molecule has 0 spiro atoms. The summed E-state index contributed by atoms with van der Waals surface area (Å²) in [4.78, 5) is 17.9. The minimum absolute atomic E-state index is 0.153. The lowest BCUT2D eigenvalue weighted by Crippen LogP contribution is -2.16. The second-order valence-corrected chi connectivity index (χ2v) is 4.36. The third-order valence-electron chi connectivity index (χ3n) is 2.25. The van der Waals surface area contributed by atoms with E-state index in [2.05, 4.69) is 25.5 Å². The van der Waals surface area contributed by atoms with Gasteiger partial charge in [0.15, 0.2) is 5.82 Å². The molecule has 0 aliphatic carbocycles. The number of hydrogen-bond acceptors (Lipinski definition) is 5. The molecule has 90 valence electrons. The van der Waals surface area contributed by atoms with E-state index in [1.54, 1.807) is 6.33 Å². The van der Waals surface area contributed by atoms with Crippen molar-refractivity contribution in [3.05, 3.63) is 32.4 Å². The highest BCUT2D eigenvalue weighted by Crippen LogP contribution is 2.09. The lowest BCUT2D eigenvalue weighted by molar-refractivity contribution is 0.707. The van der Waals surface area contributed by atoms with Gasteiger partial charge in [0.2, 0.25) is 0 Å². The number of H-pyrrole nitrogens is 1. The third kappa shape index (κ3) is 2.62. The first-order valence-corrected chi connectivity index (χ1v) is 6.14. The van der Waals surface area contributed by atoms with E-state index in [4.69, 9.17) is 0 Å². The van der Waals surface area contributed by atoms with Crippen LogP contribution in [0.5, 0.6) is 0 Å². The Morgan fingerprint density at radius 1 is 1.59 bits per heavy atom. The molecule has 0 radical (unpaired) electrons. The summed E-state index contributed by atoms with van der Waals surface area (Å²) < 4.78 is 2.46. The van der Waals surface area contributed by atoms with Crippen molar-refractivity contribution >= 4 is 28.4 Å². The van der Waals surface area contributed by atoms with E-state index in [-0.39, 0.29) is 5.56 Å². The number of aryl methyl sites for hydroxylation is 1. The molecular weight excluding hydrogens is 335 g/mol. The second-order valence-electron chi connectivity index (χ2n) is 3.28. The molecule has 8 heteroatoms. The average Bonchev–Trinajstić information content (AvgIpc) is 2.78. The fraction of sp³-hybridized carbons (Fsp3) is 0.333. The maximum absolute atomic E-state index is 11.3. The number of rotatable bonds is 4. The zero-order chi connectivity index (χ0) is 12.3. The topological polar surface area (TPSA) is 88.5 Å². The minimum Gasteiger partial charge on any atom is -0.362 e. The van der Waals surface area contributed by atoms with Crippen molar-refractivity contribution in [3.8, 4) is 0 Å². The van der Waals surface area contributed by atoms with Gasteiger partial charge in [0.05, 0.1) is 12.9 Å². The molecule has 0 saturated heterocycles. The molecule has 2 rings (SSSR count). The average molecular weight is 346 g/mol. The van der Waals surface area contributed by atoms with E-state index in [0.29, 0.717) is 15.9 Å². The first-order valence-electron chi connectivity index (χ1n) is 5.06. The van der Waals surface area contributed by atoms with Crippen LogP contribution in [-0.4, -0.2) is 24.7 Å². The van der Waals surface area contributed by atoms with Crippen LogP contribution < -0.4 is 10.9 Å². The van der Waals surface area contributed by atoms with Gasteiger partial charge in [-0.3, -0.25) is 4.79 Å². The number of anilines is 1. The van der Waals surface area contributed by atoms with Crippen LogP contribution in [0.1, 0.15) is 12.7 Å². The number of nitrogens with one attached hydrogen (secondary N) is 2. The van der Waals surface area contributed by atoms with Crippen LogP contribution >= 0.6 is 22.6 Å². The molecular formula is C9H11IN6O. The molecule has 0 aliphatic rings. The van der Waals surface area contributed by atoms with E-state index in [0.717, 1.165) is 12.4 Å². The van der Waals surface area contributed by atoms with Crippen LogP contribution in [0.3, 0.4) is 0 Å². The van der Waals surface area contributed by atoms with Gasteiger partial charge in [0.1, 0.15) is 15.7 Å². The van der Waals surface area contributed by atoms with Crippen LogP contribution in [0.25, 0.3) is 0 Å². The maximum Gasteiger partial charge on any atom is 0.266 e. The van der Waals surface area contributed by atoms with Crippen molar-refractivity contribution in [2.75, 3.05) is 5.32 Å². The predicted octanol–water partition coefficient (Wildman–Crippen LogP) is 0.598. The molecule has 0 atom stereocenters. The third-order valence-corrected chi connectivity index (χ3v) is 3.25. The van der Waals surface area contributed by atoms with E-state index in [1.165, 1.54) is 6.33 Å². The Kier molecular flexibility index (Phi) is 3.71. The van der Waals surface area contributed by atoms with E-state index in [1.807, 2.05) is 34.1 Å². The van der Waals surface area contributed by atoms with Crippen molar-refractivity contribution in [2.45, 2.75) is 20.0 Å². The summed E-state index contributed by atoms with van der Waals surface area (Å²) in [6.45, 7) is 3.31. The Labute approximate surface area is 111 Å². The summed E-state index contributed by atoms with van der Waals surface area (Å²) in [6.07, 6.45) is 3.05. The predicted molar refractivity (Wildman–Crippen MR) is 70.6 cm³/mol. The number of aromatic nitrogens is 5. The van der Waals surface area contributed by atoms with Gasteiger partial charge in [0, 0.05) is 6.54 Å². The molecule has 17 heavy (non-hydrogen) atoms. The standard InChI is InChI=1S/C9H11IN6O/c1-2-16-5-14-15-6(16)3-11-8-7(10)9(17)13-4-12-8/h4-5H,2-3H2,1H3,(H2,11,12,13,17). The van der Waals surface area contributed by atoms with Crippen LogP contribution in [-0.2, 0) is 13.1 Å². The lowest BCUT2D eigenvalue weighted by atomic mass is 10.5. The van der Waals surface area contributed by atoms with Crippen molar-refractivity contribution in [2.24, 2.45) is 0 Å². The molecule has 0 aromatic carbocycles. The largest absolute Gasteiger partial charge is 0.362 e. The Morgan fingerprint density at radius 2 is 2.41 bits per heavy atom. The lowest BCUT2D eigenvalue weighted by Gasteiger charge is -2.06. The summed E-state index contributed by atoms with van der Waals surface area (Å²) in [6, 6.07) is 0. The van der Waals surface area contributed by atoms with Gasteiger partial charge in [-0.1, -0.05) is 0 Å². The number of hydrogen-bond donors (Lipinski definition) is 2. The SMILES string of the molecule is CCn1cnnc1CNc1nc[nH]c(=O)c1I. The highest BCUT2D eigenvalue weighted by atomic mass is 127. The van der Waals surface area contributed by atoms with Crippen molar-refractivity contribution in [1.29, 1.82) is 0 Å². The Hall–Kier alpha value is -1.45. The highest BCUT2D eigenvalue weighted by Gasteiger charge is 2.07.